The number of rotatable bonds is 9. The van der Waals surface area contributed by atoms with E-state index in [9.17, 15) is 10.1 Å². The minimum Gasteiger partial charge on any atom is -0.495 e. The lowest BCUT2D eigenvalue weighted by Crippen LogP contribution is -2.40. The number of nitriles is 1. The van der Waals surface area contributed by atoms with Crippen molar-refractivity contribution in [2.45, 2.75) is 51.4 Å². The lowest BCUT2D eigenvalue weighted by Gasteiger charge is -2.34. The fourth-order valence-corrected chi connectivity index (χ4v) is 5.02. The van der Waals surface area contributed by atoms with Crippen molar-refractivity contribution < 1.29 is 14.3 Å². The number of anilines is 2. The van der Waals surface area contributed by atoms with E-state index in [1.54, 1.807) is 36.6 Å². The molecule has 1 N–H and O–H groups in total. The highest BCUT2D eigenvalue weighted by Crippen LogP contribution is 2.38. The number of carbonyl (C=O) groups is 1. The molecule has 202 valence electrons. The Kier molecular flexibility index (Phi) is 6.74. The van der Waals surface area contributed by atoms with Crippen LogP contribution in [0.5, 0.6) is 11.5 Å². The van der Waals surface area contributed by atoms with E-state index in [0.717, 1.165) is 29.5 Å². The Morgan fingerprint density at radius 3 is 2.65 bits per heavy atom. The predicted molar refractivity (Wildman–Crippen MR) is 146 cm³/mol. The normalized spacial score (nSPS) is 15.2. The molecule has 0 saturated heterocycles. The van der Waals surface area contributed by atoms with Crippen LogP contribution in [0.1, 0.15) is 47.7 Å². The number of carbonyl (C=O) groups excluding carboxylic acids is 1. The molecule has 2 aromatic carbocycles. The van der Waals surface area contributed by atoms with Crippen LogP contribution < -0.4 is 14.8 Å². The van der Waals surface area contributed by atoms with Crippen LogP contribution in [0, 0.1) is 11.3 Å². The van der Waals surface area contributed by atoms with Crippen LogP contribution >= 0.6 is 0 Å². The summed E-state index contributed by atoms with van der Waals surface area (Å²) < 4.78 is 13.4. The molecule has 2 aliphatic rings. The fraction of sp³-hybridized carbons (Fsp3) is 0.310. The SMILES string of the molecule is COc1cc2c(cc1Nc1ncc(-c3ccc(C#N)c(O[C@@H](C)Cn4cncn4)c3)cn1)C(=O)N(C1CCC1)C2. The largest absolute Gasteiger partial charge is 0.495 e. The second-order valence-corrected chi connectivity index (χ2v) is 10.0. The molecule has 11 heteroatoms. The van der Waals surface area contributed by atoms with Gasteiger partial charge in [0.15, 0.2) is 0 Å². The second kappa shape index (κ2) is 10.6. The van der Waals surface area contributed by atoms with Crippen molar-refractivity contribution in [3.8, 4) is 28.7 Å². The standard InChI is InChI=1S/C29H28N8O3/c1-18(14-36-17-31-16-34-36)40-26-8-19(6-7-20(26)11-30)22-12-32-29(33-13-22)35-25-10-24-21(9-27(25)39-2)15-37(28(24)38)23-4-3-5-23/h6-10,12-13,16-18,23H,3-5,14-15H2,1-2H3,(H,32,33,35)/t18-/m0/s1. The van der Waals surface area contributed by atoms with E-state index in [1.165, 1.54) is 12.7 Å². The predicted octanol–water partition coefficient (Wildman–Crippen LogP) is 4.33. The summed E-state index contributed by atoms with van der Waals surface area (Å²) in [6, 6.07) is 11.6. The van der Waals surface area contributed by atoms with Gasteiger partial charge in [-0.2, -0.15) is 10.4 Å². The van der Waals surface area contributed by atoms with Crippen molar-refractivity contribution >= 4 is 17.5 Å². The first-order valence-corrected chi connectivity index (χ1v) is 13.2. The van der Waals surface area contributed by atoms with Crippen LogP contribution in [-0.4, -0.2) is 54.8 Å². The Morgan fingerprint density at radius 2 is 1.98 bits per heavy atom. The molecular formula is C29H28N8O3. The Labute approximate surface area is 231 Å². The van der Waals surface area contributed by atoms with Crippen molar-refractivity contribution in [1.29, 1.82) is 5.26 Å². The van der Waals surface area contributed by atoms with Crippen molar-refractivity contribution in [2.75, 3.05) is 12.4 Å². The first-order valence-electron chi connectivity index (χ1n) is 13.2. The minimum atomic E-state index is -0.234. The van der Waals surface area contributed by atoms with Crippen LogP contribution in [0.3, 0.4) is 0 Å². The molecule has 0 radical (unpaired) electrons. The first kappa shape index (κ1) is 25.3. The van der Waals surface area contributed by atoms with Gasteiger partial charge in [0.05, 0.1) is 24.9 Å². The molecule has 2 aromatic heterocycles. The zero-order chi connectivity index (χ0) is 27.6. The molecule has 1 amide bonds. The highest BCUT2D eigenvalue weighted by Gasteiger charge is 2.36. The van der Waals surface area contributed by atoms with Gasteiger partial charge >= 0.3 is 0 Å². The van der Waals surface area contributed by atoms with Gasteiger partial charge in [0.1, 0.15) is 36.3 Å². The monoisotopic (exact) mass is 536 g/mol. The van der Waals surface area contributed by atoms with Crippen LogP contribution in [0.15, 0.2) is 55.4 Å². The number of nitrogens with zero attached hydrogens (tertiary/aromatic N) is 7. The number of hydrogen-bond donors (Lipinski definition) is 1. The van der Waals surface area contributed by atoms with E-state index < -0.39 is 0 Å². The van der Waals surface area contributed by atoms with Crippen LogP contribution in [0.2, 0.25) is 0 Å². The van der Waals surface area contributed by atoms with Crippen LogP contribution in [-0.2, 0) is 13.1 Å². The topological polar surface area (TPSA) is 131 Å². The number of methoxy groups -OCH3 is 1. The van der Waals surface area contributed by atoms with E-state index in [2.05, 4.69) is 31.4 Å². The number of ether oxygens (including phenoxy) is 2. The maximum absolute atomic E-state index is 13.0. The summed E-state index contributed by atoms with van der Waals surface area (Å²) in [6.07, 6.45) is 9.56. The molecular weight excluding hydrogens is 508 g/mol. The molecule has 1 saturated carbocycles. The molecule has 11 nitrogen and oxygen atoms in total. The number of nitrogens with one attached hydrogen (secondary N) is 1. The summed E-state index contributed by atoms with van der Waals surface area (Å²) in [5, 5.41) is 16.9. The van der Waals surface area contributed by atoms with Gasteiger partial charge in [-0.1, -0.05) is 6.07 Å². The third-order valence-corrected chi connectivity index (χ3v) is 7.35. The lowest BCUT2D eigenvalue weighted by molar-refractivity contribution is 0.0606. The van der Waals surface area contributed by atoms with Crippen LogP contribution in [0.25, 0.3) is 11.1 Å². The average molecular weight is 537 g/mol. The molecule has 1 atom stereocenters. The number of fused-ring (bicyclic) bond motifs is 1. The van der Waals surface area contributed by atoms with Crippen LogP contribution in [0.4, 0.5) is 11.6 Å². The van der Waals surface area contributed by atoms with Gasteiger partial charge < -0.3 is 19.7 Å². The van der Waals surface area contributed by atoms with Gasteiger partial charge in [0, 0.05) is 36.1 Å². The van der Waals surface area contributed by atoms with Gasteiger partial charge in [-0.25, -0.2) is 19.6 Å². The Morgan fingerprint density at radius 1 is 1.15 bits per heavy atom. The average Bonchev–Trinajstić information content (AvgIpc) is 3.55. The Bertz CT molecular complexity index is 1580. The Balaban J connectivity index is 1.19. The molecule has 1 aliphatic carbocycles. The summed E-state index contributed by atoms with van der Waals surface area (Å²) >= 11 is 0. The number of aromatic nitrogens is 5. The molecule has 1 aliphatic heterocycles. The van der Waals surface area contributed by atoms with Gasteiger partial charge in [0.2, 0.25) is 5.95 Å². The summed E-state index contributed by atoms with van der Waals surface area (Å²) in [5.74, 6) is 1.54. The number of hydrogen-bond acceptors (Lipinski definition) is 9. The van der Waals surface area contributed by atoms with E-state index in [0.29, 0.717) is 53.4 Å². The number of amides is 1. The summed E-state index contributed by atoms with van der Waals surface area (Å²) in [6.45, 7) is 3.02. The van der Waals surface area contributed by atoms with Crippen molar-refractivity contribution in [3.05, 3.63) is 72.1 Å². The van der Waals surface area contributed by atoms with E-state index in [-0.39, 0.29) is 12.0 Å². The Hall–Kier alpha value is -4.98. The highest BCUT2D eigenvalue weighted by molar-refractivity contribution is 6.00. The molecule has 6 rings (SSSR count). The zero-order valence-corrected chi connectivity index (χ0v) is 22.2. The van der Waals surface area contributed by atoms with Crippen molar-refractivity contribution in [3.63, 3.8) is 0 Å². The fourth-order valence-electron chi connectivity index (χ4n) is 5.02. The molecule has 0 spiro atoms. The van der Waals surface area contributed by atoms with Gasteiger partial charge in [0.25, 0.3) is 5.91 Å². The summed E-state index contributed by atoms with van der Waals surface area (Å²) in [4.78, 5) is 27.9. The van der Waals surface area contributed by atoms with Gasteiger partial charge in [-0.15, -0.1) is 0 Å². The van der Waals surface area contributed by atoms with E-state index in [1.807, 2.05) is 36.1 Å². The molecule has 0 bridgehead atoms. The zero-order valence-electron chi connectivity index (χ0n) is 22.2. The highest BCUT2D eigenvalue weighted by atomic mass is 16.5. The van der Waals surface area contributed by atoms with Crippen molar-refractivity contribution in [1.82, 2.24) is 29.6 Å². The lowest BCUT2D eigenvalue weighted by atomic mass is 9.92. The number of benzene rings is 2. The van der Waals surface area contributed by atoms with Gasteiger partial charge in [-0.3, -0.25) is 4.79 Å². The third-order valence-electron chi connectivity index (χ3n) is 7.35. The smallest absolute Gasteiger partial charge is 0.254 e. The van der Waals surface area contributed by atoms with Crippen molar-refractivity contribution in [2.24, 2.45) is 0 Å². The summed E-state index contributed by atoms with van der Waals surface area (Å²) in [7, 11) is 1.61. The van der Waals surface area contributed by atoms with E-state index >= 15 is 0 Å². The molecule has 1 fully saturated rings. The molecule has 3 heterocycles. The maximum atomic E-state index is 13.0. The third kappa shape index (κ3) is 4.91. The quantitative estimate of drug-likeness (QED) is 0.332. The molecule has 0 unspecified atom stereocenters. The molecule has 40 heavy (non-hydrogen) atoms. The van der Waals surface area contributed by atoms with Gasteiger partial charge in [-0.05, 0) is 61.6 Å². The second-order valence-electron chi connectivity index (χ2n) is 10.0. The van der Waals surface area contributed by atoms with E-state index in [4.69, 9.17) is 9.47 Å². The first-order chi connectivity index (χ1) is 19.5. The minimum absolute atomic E-state index is 0.0658. The maximum Gasteiger partial charge on any atom is 0.254 e. The summed E-state index contributed by atoms with van der Waals surface area (Å²) in [5.41, 5.74) is 4.30. The molecule has 4 aromatic rings.